The van der Waals surface area contributed by atoms with Crippen molar-refractivity contribution in [3.8, 4) is 33.4 Å². The third-order valence-corrected chi connectivity index (χ3v) is 12.8. The third-order valence-electron chi connectivity index (χ3n) is 12.8. The molecule has 1 atom stereocenters. The van der Waals surface area contributed by atoms with Gasteiger partial charge in [-0.05, 0) is 135 Å². The van der Waals surface area contributed by atoms with Gasteiger partial charge in [-0.1, -0.05) is 148 Å². The minimum absolute atomic E-state index is 0.0645. The number of aromatic amines is 1. The van der Waals surface area contributed by atoms with Gasteiger partial charge in [0.2, 0.25) is 0 Å². The number of nitrogens with zero attached hydrogens (tertiary/aromatic N) is 1. The van der Waals surface area contributed by atoms with Gasteiger partial charge < -0.3 is 9.88 Å². The summed E-state index contributed by atoms with van der Waals surface area (Å²) in [5, 5.41) is 2.41. The van der Waals surface area contributed by atoms with Gasteiger partial charge in [0, 0.05) is 38.6 Å². The van der Waals surface area contributed by atoms with Crippen LogP contribution in [0, 0.1) is 6.92 Å². The van der Waals surface area contributed by atoms with Gasteiger partial charge in [0.15, 0.2) is 0 Å². The summed E-state index contributed by atoms with van der Waals surface area (Å²) in [6.07, 6.45) is 5.29. The highest BCUT2D eigenvalue weighted by Gasteiger charge is 2.36. The number of H-pyrrole nitrogens is 1. The summed E-state index contributed by atoms with van der Waals surface area (Å²) in [5.41, 5.74) is 27.2. The van der Waals surface area contributed by atoms with Crippen molar-refractivity contribution >= 4 is 44.4 Å². The Hall–Kier alpha value is -6.82. The Balaban J connectivity index is 1.17. The highest BCUT2D eigenvalue weighted by Crippen LogP contribution is 2.50. The number of rotatable bonds is 8. The van der Waals surface area contributed by atoms with Crippen LogP contribution < -0.4 is 4.90 Å². The molecule has 2 aliphatic rings. The Morgan fingerprint density at radius 3 is 2.17 bits per heavy atom. The van der Waals surface area contributed by atoms with Crippen molar-refractivity contribution in [3.63, 3.8) is 0 Å². The number of benzene rings is 7. The van der Waals surface area contributed by atoms with E-state index >= 15 is 0 Å². The van der Waals surface area contributed by atoms with Crippen LogP contribution in [0.4, 0.5) is 17.1 Å². The zero-order valence-electron chi connectivity index (χ0n) is 33.8. The van der Waals surface area contributed by atoms with Crippen molar-refractivity contribution in [2.24, 2.45) is 0 Å². The molecule has 0 aliphatic heterocycles. The van der Waals surface area contributed by atoms with Gasteiger partial charge in [0.25, 0.3) is 0 Å². The molecule has 1 aromatic heterocycles. The van der Waals surface area contributed by atoms with E-state index in [-0.39, 0.29) is 5.41 Å². The van der Waals surface area contributed by atoms with Crippen molar-refractivity contribution in [1.29, 1.82) is 0 Å². The molecule has 58 heavy (non-hydrogen) atoms. The first-order valence-electron chi connectivity index (χ1n) is 20.6. The van der Waals surface area contributed by atoms with E-state index in [2.05, 4.69) is 220 Å². The van der Waals surface area contributed by atoms with E-state index < -0.39 is 0 Å². The molecule has 1 heterocycles. The van der Waals surface area contributed by atoms with Crippen molar-refractivity contribution in [3.05, 3.63) is 203 Å². The Kier molecular flexibility index (Phi) is 8.58. The van der Waals surface area contributed by atoms with Gasteiger partial charge in [-0.25, -0.2) is 0 Å². The lowest BCUT2D eigenvalue weighted by molar-refractivity contribution is 0.654. The molecule has 280 valence electrons. The normalized spacial score (nSPS) is 14.3. The monoisotopic (exact) mass is 746 g/mol. The lowest BCUT2D eigenvalue weighted by atomic mass is 9.80. The summed E-state index contributed by atoms with van der Waals surface area (Å²) in [6, 6.07) is 56.1. The molecule has 0 spiro atoms. The highest BCUT2D eigenvalue weighted by molar-refractivity contribution is 6.19. The van der Waals surface area contributed by atoms with Crippen LogP contribution in [0.2, 0.25) is 0 Å². The first-order valence-corrected chi connectivity index (χ1v) is 20.6. The standard InChI is InChI=1S/C56H46N2/c1-6-36(2)43-18-10-11-19-45(43)48-35-42(28-24-37(48)3)58(53-33-31-44(39-16-8-7-9-17-39)55-54(53)47-21-13-15-23-52(47)57-55)41-29-25-38(26-30-41)40-27-32-51-49(34-40)46-20-12-14-22-50(46)56(51,4)5/h7-11,13,15-36,57H,6H2,1-5H3. The van der Waals surface area contributed by atoms with E-state index in [0.717, 1.165) is 34.5 Å². The molecule has 0 bridgehead atoms. The summed E-state index contributed by atoms with van der Waals surface area (Å²) < 4.78 is 0. The van der Waals surface area contributed by atoms with Gasteiger partial charge in [-0.3, -0.25) is 0 Å². The fourth-order valence-electron chi connectivity index (χ4n) is 9.40. The number of hydrogen-bond donors (Lipinski definition) is 1. The molecule has 2 heteroatoms. The maximum Gasteiger partial charge on any atom is 0.0565 e. The number of allylic oxidation sites excluding steroid dienone is 4. The SMILES string of the molecule is CCC(C)c1ccccc1-c1cc(N(c2ccc(-c3ccc4c(c3)C3=C(C=C=C=C3)C4(C)C)cc2)c2ccc(-c3ccccc3)c3[nH]c4ccccc4c23)ccc1C. The maximum atomic E-state index is 3.85. The fraction of sp³-hybridized carbons (Fsp3) is 0.143. The fourth-order valence-corrected chi connectivity index (χ4v) is 9.40. The molecule has 0 radical (unpaired) electrons. The molecule has 0 fully saturated rings. The van der Waals surface area contributed by atoms with Crippen LogP contribution >= 0.6 is 0 Å². The minimum Gasteiger partial charge on any atom is -0.354 e. The molecule has 8 aromatic rings. The molecular weight excluding hydrogens is 701 g/mol. The zero-order valence-corrected chi connectivity index (χ0v) is 33.8. The van der Waals surface area contributed by atoms with Gasteiger partial charge in [-0.2, -0.15) is 0 Å². The first kappa shape index (κ1) is 35.6. The van der Waals surface area contributed by atoms with E-state index in [9.17, 15) is 0 Å². The number of hydrogen-bond acceptors (Lipinski definition) is 1. The van der Waals surface area contributed by atoms with Crippen LogP contribution in [0.5, 0.6) is 0 Å². The molecular formula is C56H46N2. The Bertz CT molecular complexity index is 3050. The number of aromatic nitrogens is 1. The van der Waals surface area contributed by atoms with Crippen LogP contribution in [0.25, 0.3) is 60.8 Å². The second kappa shape index (κ2) is 14.0. The predicted molar refractivity (Wildman–Crippen MR) is 246 cm³/mol. The summed E-state index contributed by atoms with van der Waals surface area (Å²) >= 11 is 0. The van der Waals surface area contributed by atoms with Crippen molar-refractivity contribution < 1.29 is 0 Å². The van der Waals surface area contributed by atoms with Crippen molar-refractivity contribution in [2.45, 2.75) is 52.4 Å². The van der Waals surface area contributed by atoms with Crippen LogP contribution in [-0.2, 0) is 5.41 Å². The first-order chi connectivity index (χ1) is 28.3. The maximum absolute atomic E-state index is 3.85. The van der Waals surface area contributed by atoms with E-state index in [4.69, 9.17) is 0 Å². The van der Waals surface area contributed by atoms with Crippen LogP contribution in [-0.4, -0.2) is 4.98 Å². The summed E-state index contributed by atoms with van der Waals surface area (Å²) in [7, 11) is 0. The lowest BCUT2D eigenvalue weighted by Gasteiger charge is -2.28. The van der Waals surface area contributed by atoms with Crippen molar-refractivity contribution in [1.82, 2.24) is 4.98 Å². The third kappa shape index (κ3) is 5.73. The summed E-state index contributed by atoms with van der Waals surface area (Å²) in [4.78, 5) is 6.31. The molecule has 2 aliphatic carbocycles. The van der Waals surface area contributed by atoms with Gasteiger partial charge in [0.05, 0.1) is 11.2 Å². The molecule has 1 unspecified atom stereocenters. The number of nitrogens with one attached hydrogen (secondary N) is 1. The van der Waals surface area contributed by atoms with Crippen LogP contribution in [0.3, 0.4) is 0 Å². The van der Waals surface area contributed by atoms with Crippen LogP contribution in [0.1, 0.15) is 62.3 Å². The number of anilines is 3. The second-order valence-corrected chi connectivity index (χ2v) is 16.5. The Morgan fingerprint density at radius 1 is 0.621 bits per heavy atom. The largest absolute Gasteiger partial charge is 0.354 e. The molecule has 10 rings (SSSR count). The van der Waals surface area contributed by atoms with Crippen LogP contribution in [0.15, 0.2) is 181 Å². The number of para-hydroxylation sites is 1. The average molecular weight is 747 g/mol. The number of aryl methyl sites for hydroxylation is 1. The zero-order chi connectivity index (χ0) is 39.5. The van der Waals surface area contributed by atoms with E-state index in [1.807, 2.05) is 0 Å². The summed E-state index contributed by atoms with van der Waals surface area (Å²) in [5.74, 6) is 0.453. The molecule has 2 nitrogen and oxygen atoms in total. The smallest absolute Gasteiger partial charge is 0.0565 e. The van der Waals surface area contributed by atoms with Gasteiger partial charge in [-0.15, -0.1) is 0 Å². The second-order valence-electron chi connectivity index (χ2n) is 16.5. The molecule has 0 amide bonds. The topological polar surface area (TPSA) is 19.0 Å². The minimum atomic E-state index is -0.0645. The molecule has 7 aromatic carbocycles. The lowest BCUT2D eigenvalue weighted by Crippen LogP contribution is -2.16. The van der Waals surface area contributed by atoms with E-state index in [0.29, 0.717) is 5.92 Å². The molecule has 0 saturated heterocycles. The average Bonchev–Trinajstić information content (AvgIpc) is 3.77. The Labute approximate surface area is 341 Å². The number of fused-ring (bicyclic) bond motifs is 5. The highest BCUT2D eigenvalue weighted by atomic mass is 15.1. The molecule has 1 N–H and O–H groups in total. The van der Waals surface area contributed by atoms with Gasteiger partial charge in [0.1, 0.15) is 0 Å². The summed E-state index contributed by atoms with van der Waals surface area (Å²) in [6.45, 7) is 11.5. The Morgan fingerprint density at radius 2 is 1.34 bits per heavy atom. The van der Waals surface area contributed by atoms with E-state index in [1.165, 1.54) is 77.6 Å². The van der Waals surface area contributed by atoms with Gasteiger partial charge >= 0.3 is 0 Å². The van der Waals surface area contributed by atoms with E-state index in [1.54, 1.807) is 0 Å². The predicted octanol–water partition coefficient (Wildman–Crippen LogP) is 15.5. The molecule has 0 saturated carbocycles. The quantitative estimate of drug-likeness (QED) is 0.153. The van der Waals surface area contributed by atoms with Crippen molar-refractivity contribution in [2.75, 3.05) is 4.90 Å².